The quantitative estimate of drug-likeness (QED) is 0.810. The van der Waals surface area contributed by atoms with Gasteiger partial charge in [0.15, 0.2) is 5.16 Å². The topological polar surface area (TPSA) is 73.8 Å². The van der Waals surface area contributed by atoms with Gasteiger partial charge in [0.2, 0.25) is 11.7 Å². The van der Waals surface area contributed by atoms with E-state index in [4.69, 9.17) is 5.73 Å². The van der Waals surface area contributed by atoms with Crippen molar-refractivity contribution < 1.29 is 18.0 Å². The maximum atomic E-state index is 12.3. The summed E-state index contributed by atoms with van der Waals surface area (Å²) in [6.45, 7) is 1.48. The Bertz CT molecular complexity index is 403. The zero-order chi connectivity index (χ0) is 12.5. The second-order valence-corrected chi connectivity index (χ2v) is 4.33. The molecule has 1 aromatic rings. The Labute approximate surface area is 93.2 Å². The van der Waals surface area contributed by atoms with Gasteiger partial charge in [0.25, 0.3) is 0 Å². The predicted molar refractivity (Wildman–Crippen MR) is 50.5 cm³/mol. The zero-order valence-corrected chi connectivity index (χ0v) is 9.26. The number of halogens is 3. The van der Waals surface area contributed by atoms with E-state index in [9.17, 15) is 18.0 Å². The van der Waals surface area contributed by atoms with E-state index in [-0.39, 0.29) is 5.16 Å². The third-order valence-corrected chi connectivity index (χ3v) is 2.92. The van der Waals surface area contributed by atoms with Crippen molar-refractivity contribution in [1.82, 2.24) is 14.8 Å². The van der Waals surface area contributed by atoms with E-state index in [1.54, 1.807) is 0 Å². The lowest BCUT2D eigenvalue weighted by atomic mass is 10.5. The van der Waals surface area contributed by atoms with Gasteiger partial charge in [-0.1, -0.05) is 11.8 Å². The number of hydrogen-bond acceptors (Lipinski definition) is 4. The Kier molecular flexibility index (Phi) is 3.46. The molecule has 2 N–H and O–H groups in total. The Morgan fingerprint density at radius 2 is 2.06 bits per heavy atom. The van der Waals surface area contributed by atoms with Gasteiger partial charge in [0.1, 0.15) is 0 Å². The third kappa shape index (κ3) is 2.65. The molecule has 1 heterocycles. The number of carbonyl (C=O) groups is 1. The molecule has 0 saturated carbocycles. The van der Waals surface area contributed by atoms with Crippen LogP contribution in [0.5, 0.6) is 0 Å². The van der Waals surface area contributed by atoms with E-state index in [1.807, 2.05) is 0 Å². The molecule has 0 bridgehead atoms. The standard InChI is InChI=1S/C7H9F3N4OS/c1-3(4(11)15)16-6-13-12-5(14(6)2)7(8,9)10/h3H,1-2H3,(H2,11,15)/t3-/m1/s1. The molecule has 0 aliphatic rings. The Morgan fingerprint density at radius 3 is 2.44 bits per heavy atom. The average Bonchev–Trinajstić information content (AvgIpc) is 2.46. The van der Waals surface area contributed by atoms with Gasteiger partial charge in [-0.15, -0.1) is 10.2 Å². The molecular weight excluding hydrogens is 245 g/mol. The molecule has 9 heteroatoms. The van der Waals surface area contributed by atoms with Crippen LogP contribution >= 0.6 is 11.8 Å². The van der Waals surface area contributed by atoms with Gasteiger partial charge < -0.3 is 10.3 Å². The number of nitrogens with two attached hydrogens (primary N) is 1. The van der Waals surface area contributed by atoms with Gasteiger partial charge >= 0.3 is 6.18 Å². The maximum Gasteiger partial charge on any atom is 0.451 e. The maximum absolute atomic E-state index is 12.3. The minimum absolute atomic E-state index is 0.00127. The molecule has 0 aliphatic carbocycles. The second-order valence-electron chi connectivity index (χ2n) is 3.03. The molecule has 90 valence electrons. The lowest BCUT2D eigenvalue weighted by Gasteiger charge is -2.08. The SMILES string of the molecule is C[C@@H](Sc1nnc(C(F)(F)F)n1C)C(N)=O. The van der Waals surface area contributed by atoms with Crippen molar-refractivity contribution in [1.29, 1.82) is 0 Å². The summed E-state index contributed by atoms with van der Waals surface area (Å²) in [6, 6.07) is 0. The molecule has 1 amide bonds. The van der Waals surface area contributed by atoms with Crippen LogP contribution in [0.1, 0.15) is 12.7 Å². The number of nitrogens with zero attached hydrogens (tertiary/aromatic N) is 3. The summed E-state index contributed by atoms with van der Waals surface area (Å²) in [5.74, 6) is -1.73. The molecule has 1 atom stereocenters. The number of hydrogen-bond donors (Lipinski definition) is 1. The summed E-state index contributed by atoms with van der Waals surface area (Å²) < 4.78 is 37.8. The highest BCUT2D eigenvalue weighted by Crippen LogP contribution is 2.30. The molecule has 0 aliphatic heterocycles. The predicted octanol–water partition coefficient (Wildman–Crippen LogP) is 0.800. The van der Waals surface area contributed by atoms with Crippen LogP contribution in [-0.2, 0) is 18.0 Å². The van der Waals surface area contributed by atoms with Crippen molar-refractivity contribution in [3.05, 3.63) is 5.82 Å². The van der Waals surface area contributed by atoms with Gasteiger partial charge in [-0.3, -0.25) is 4.79 Å². The summed E-state index contributed by atoms with van der Waals surface area (Å²) in [5.41, 5.74) is 4.99. The molecule has 0 aromatic carbocycles. The lowest BCUT2D eigenvalue weighted by molar-refractivity contribution is -0.147. The molecule has 0 fully saturated rings. The average molecular weight is 254 g/mol. The van der Waals surface area contributed by atoms with Crippen LogP contribution in [0.15, 0.2) is 5.16 Å². The fourth-order valence-electron chi connectivity index (χ4n) is 0.881. The molecule has 0 unspecified atom stereocenters. The summed E-state index contributed by atoms with van der Waals surface area (Å²) >= 11 is 0.830. The van der Waals surface area contributed by atoms with Crippen molar-refractivity contribution in [2.45, 2.75) is 23.5 Å². The molecule has 1 aromatic heterocycles. The van der Waals surface area contributed by atoms with Crippen LogP contribution in [0.4, 0.5) is 13.2 Å². The fourth-order valence-corrected chi connectivity index (χ4v) is 1.65. The number of aromatic nitrogens is 3. The highest BCUT2D eigenvalue weighted by atomic mass is 32.2. The molecule has 0 spiro atoms. The van der Waals surface area contributed by atoms with Crippen LogP contribution < -0.4 is 5.73 Å². The normalized spacial score (nSPS) is 13.8. The molecule has 1 rings (SSSR count). The summed E-state index contributed by atoms with van der Waals surface area (Å²) in [6.07, 6.45) is -4.56. The van der Waals surface area contributed by atoms with Gasteiger partial charge in [-0.05, 0) is 6.92 Å². The first kappa shape index (κ1) is 12.8. The van der Waals surface area contributed by atoms with Crippen molar-refractivity contribution in [2.24, 2.45) is 12.8 Å². The monoisotopic (exact) mass is 254 g/mol. The summed E-state index contributed by atoms with van der Waals surface area (Å²) in [5, 5.41) is 5.70. The lowest BCUT2D eigenvalue weighted by Crippen LogP contribution is -2.23. The van der Waals surface area contributed by atoms with Gasteiger partial charge in [-0.2, -0.15) is 13.2 Å². The molecule has 16 heavy (non-hydrogen) atoms. The molecule has 0 saturated heterocycles. The van der Waals surface area contributed by atoms with Crippen molar-refractivity contribution >= 4 is 17.7 Å². The minimum atomic E-state index is -4.56. The number of alkyl halides is 3. The van der Waals surface area contributed by atoms with E-state index in [0.29, 0.717) is 0 Å². The van der Waals surface area contributed by atoms with E-state index >= 15 is 0 Å². The van der Waals surface area contributed by atoms with E-state index in [1.165, 1.54) is 14.0 Å². The summed E-state index contributed by atoms with van der Waals surface area (Å²) in [7, 11) is 1.18. The van der Waals surface area contributed by atoms with Crippen LogP contribution in [0.3, 0.4) is 0 Å². The van der Waals surface area contributed by atoms with E-state index in [2.05, 4.69) is 10.2 Å². The fraction of sp³-hybridized carbons (Fsp3) is 0.571. The molecule has 0 radical (unpaired) electrons. The van der Waals surface area contributed by atoms with Gasteiger partial charge in [-0.25, -0.2) is 0 Å². The first-order valence-electron chi connectivity index (χ1n) is 4.16. The van der Waals surface area contributed by atoms with Gasteiger partial charge in [0.05, 0.1) is 5.25 Å². The van der Waals surface area contributed by atoms with Crippen LogP contribution in [0.2, 0.25) is 0 Å². The van der Waals surface area contributed by atoms with Crippen molar-refractivity contribution in [3.8, 4) is 0 Å². The number of amides is 1. The van der Waals surface area contributed by atoms with Crippen LogP contribution in [-0.4, -0.2) is 25.9 Å². The second kappa shape index (κ2) is 4.32. The third-order valence-electron chi connectivity index (χ3n) is 1.77. The van der Waals surface area contributed by atoms with Crippen molar-refractivity contribution in [3.63, 3.8) is 0 Å². The highest BCUT2D eigenvalue weighted by Gasteiger charge is 2.37. The summed E-state index contributed by atoms with van der Waals surface area (Å²) in [4.78, 5) is 10.7. The Hall–Kier alpha value is -1.25. The van der Waals surface area contributed by atoms with E-state index < -0.39 is 23.2 Å². The molecule has 5 nitrogen and oxygen atoms in total. The van der Waals surface area contributed by atoms with Crippen molar-refractivity contribution in [2.75, 3.05) is 0 Å². The highest BCUT2D eigenvalue weighted by molar-refractivity contribution is 8.00. The van der Waals surface area contributed by atoms with E-state index in [0.717, 1.165) is 16.3 Å². The first-order chi connectivity index (χ1) is 7.23. The molecular formula is C7H9F3N4OS. The smallest absolute Gasteiger partial charge is 0.369 e. The number of primary amides is 1. The minimum Gasteiger partial charge on any atom is -0.369 e. The number of rotatable bonds is 3. The van der Waals surface area contributed by atoms with Gasteiger partial charge in [0, 0.05) is 7.05 Å². The van der Waals surface area contributed by atoms with Crippen LogP contribution in [0.25, 0.3) is 0 Å². The first-order valence-corrected chi connectivity index (χ1v) is 5.04. The number of carbonyl (C=O) groups excluding carboxylic acids is 1. The largest absolute Gasteiger partial charge is 0.451 e. The zero-order valence-electron chi connectivity index (χ0n) is 8.45. The van der Waals surface area contributed by atoms with Crippen LogP contribution in [0, 0.1) is 0 Å². The number of thioether (sulfide) groups is 1. The Morgan fingerprint density at radius 1 is 1.50 bits per heavy atom. The Balaban J connectivity index is 2.93.